The SMILES string of the molecule is CC(C)c1cc(N(C)C)cc(C(C)(C)C)c1O. The van der Waals surface area contributed by atoms with Crippen molar-refractivity contribution in [1.29, 1.82) is 0 Å². The molecule has 1 aromatic carbocycles. The van der Waals surface area contributed by atoms with Crippen molar-refractivity contribution in [3.8, 4) is 5.75 Å². The van der Waals surface area contributed by atoms with Crippen LogP contribution in [0, 0.1) is 0 Å². The molecule has 0 atom stereocenters. The standard InChI is InChI=1S/C15H25NO/c1-10(2)12-8-11(16(6)7)9-13(14(12)17)15(3,4)5/h8-10,17H,1-7H3. The molecule has 0 amide bonds. The molecule has 0 aliphatic carbocycles. The first-order valence-electron chi connectivity index (χ1n) is 6.19. The lowest BCUT2D eigenvalue weighted by atomic mass is 9.83. The van der Waals surface area contributed by atoms with Gasteiger partial charge in [0.15, 0.2) is 0 Å². The van der Waals surface area contributed by atoms with E-state index in [1.54, 1.807) is 0 Å². The number of rotatable bonds is 2. The molecule has 0 bridgehead atoms. The molecular weight excluding hydrogens is 210 g/mol. The number of hydrogen-bond donors (Lipinski definition) is 1. The average molecular weight is 235 g/mol. The lowest BCUT2D eigenvalue weighted by Crippen LogP contribution is -2.16. The second-order valence-electron chi connectivity index (χ2n) is 6.23. The normalized spacial score (nSPS) is 12.0. The van der Waals surface area contributed by atoms with Gasteiger partial charge in [-0.25, -0.2) is 0 Å². The van der Waals surface area contributed by atoms with Crippen LogP contribution in [-0.2, 0) is 5.41 Å². The van der Waals surface area contributed by atoms with Crippen LogP contribution >= 0.6 is 0 Å². The third-order valence-electron chi connectivity index (χ3n) is 3.07. The Balaban J connectivity index is 3.49. The number of benzene rings is 1. The van der Waals surface area contributed by atoms with Crippen LogP contribution in [0.2, 0.25) is 0 Å². The summed E-state index contributed by atoms with van der Waals surface area (Å²) in [5.74, 6) is 0.786. The third kappa shape index (κ3) is 2.93. The minimum Gasteiger partial charge on any atom is -0.507 e. The van der Waals surface area contributed by atoms with Crippen LogP contribution < -0.4 is 4.90 Å². The first-order valence-corrected chi connectivity index (χ1v) is 6.19. The fraction of sp³-hybridized carbons (Fsp3) is 0.600. The molecule has 0 fully saturated rings. The van der Waals surface area contributed by atoms with E-state index in [4.69, 9.17) is 0 Å². The van der Waals surface area contributed by atoms with Crippen LogP contribution in [0.4, 0.5) is 5.69 Å². The maximum atomic E-state index is 10.4. The maximum Gasteiger partial charge on any atom is 0.122 e. The Bertz CT molecular complexity index is 400. The van der Waals surface area contributed by atoms with Gasteiger partial charge in [-0.3, -0.25) is 0 Å². The van der Waals surface area contributed by atoms with E-state index >= 15 is 0 Å². The minimum absolute atomic E-state index is 0.0419. The molecule has 2 heteroatoms. The molecule has 0 heterocycles. The number of phenolic OH excluding ortho intramolecular Hbond substituents is 1. The molecule has 2 nitrogen and oxygen atoms in total. The first kappa shape index (κ1) is 13.9. The predicted molar refractivity (Wildman–Crippen MR) is 75.2 cm³/mol. The highest BCUT2D eigenvalue weighted by molar-refractivity contribution is 5.58. The summed E-state index contributed by atoms with van der Waals surface area (Å²) in [5.41, 5.74) is 3.16. The van der Waals surface area contributed by atoms with Crippen molar-refractivity contribution in [3.63, 3.8) is 0 Å². The lowest BCUT2D eigenvalue weighted by molar-refractivity contribution is 0.437. The van der Waals surface area contributed by atoms with E-state index in [2.05, 4.69) is 51.7 Å². The highest BCUT2D eigenvalue weighted by atomic mass is 16.3. The maximum absolute atomic E-state index is 10.4. The molecule has 0 aliphatic rings. The molecule has 0 saturated carbocycles. The molecule has 0 unspecified atom stereocenters. The Kier molecular flexibility index (Phi) is 3.75. The summed E-state index contributed by atoms with van der Waals surface area (Å²) in [6, 6.07) is 4.16. The summed E-state index contributed by atoms with van der Waals surface area (Å²) in [6.07, 6.45) is 0. The van der Waals surface area contributed by atoms with E-state index in [0.717, 1.165) is 16.8 Å². The van der Waals surface area contributed by atoms with Gasteiger partial charge in [0.1, 0.15) is 5.75 Å². The van der Waals surface area contributed by atoms with Crippen LogP contribution in [0.1, 0.15) is 51.7 Å². The van der Waals surface area contributed by atoms with Crippen molar-refractivity contribution in [2.45, 2.75) is 46.0 Å². The van der Waals surface area contributed by atoms with Crippen LogP contribution in [0.25, 0.3) is 0 Å². The molecule has 0 spiro atoms. The monoisotopic (exact) mass is 235 g/mol. The first-order chi connectivity index (χ1) is 7.64. The lowest BCUT2D eigenvalue weighted by Gasteiger charge is -2.26. The number of aromatic hydroxyl groups is 1. The van der Waals surface area contributed by atoms with E-state index in [1.807, 2.05) is 14.1 Å². The van der Waals surface area contributed by atoms with Gasteiger partial charge >= 0.3 is 0 Å². The summed E-state index contributed by atoms with van der Waals surface area (Å²) in [4.78, 5) is 2.08. The molecule has 17 heavy (non-hydrogen) atoms. The van der Waals surface area contributed by atoms with Crippen molar-refractivity contribution < 1.29 is 5.11 Å². The quantitative estimate of drug-likeness (QED) is 0.841. The highest BCUT2D eigenvalue weighted by Gasteiger charge is 2.22. The van der Waals surface area contributed by atoms with Crippen molar-refractivity contribution in [2.75, 3.05) is 19.0 Å². The molecular formula is C15H25NO. The van der Waals surface area contributed by atoms with Crippen molar-refractivity contribution in [2.24, 2.45) is 0 Å². The number of phenols is 1. The van der Waals surface area contributed by atoms with Gasteiger partial charge in [-0.15, -0.1) is 0 Å². The van der Waals surface area contributed by atoms with E-state index < -0.39 is 0 Å². The smallest absolute Gasteiger partial charge is 0.122 e. The van der Waals surface area contributed by atoms with Crippen molar-refractivity contribution in [3.05, 3.63) is 23.3 Å². The zero-order valence-corrected chi connectivity index (χ0v) is 12.1. The third-order valence-corrected chi connectivity index (χ3v) is 3.07. The summed E-state index contributed by atoms with van der Waals surface area (Å²) in [6.45, 7) is 10.6. The number of anilines is 1. The summed E-state index contributed by atoms with van der Waals surface area (Å²) in [7, 11) is 4.06. The van der Waals surface area contributed by atoms with Gasteiger partial charge < -0.3 is 10.0 Å². The van der Waals surface area contributed by atoms with Gasteiger partial charge in [-0.2, -0.15) is 0 Å². The second kappa shape index (κ2) is 4.59. The van der Waals surface area contributed by atoms with Gasteiger partial charge in [0.05, 0.1) is 0 Å². The molecule has 0 radical (unpaired) electrons. The molecule has 1 N–H and O–H groups in total. The summed E-state index contributed by atoms with van der Waals surface area (Å²) < 4.78 is 0. The van der Waals surface area contributed by atoms with Crippen molar-refractivity contribution in [1.82, 2.24) is 0 Å². The van der Waals surface area contributed by atoms with Crippen LogP contribution in [0.3, 0.4) is 0 Å². The van der Waals surface area contributed by atoms with E-state index in [-0.39, 0.29) is 5.41 Å². The molecule has 1 aromatic rings. The molecule has 0 aliphatic heterocycles. The van der Waals surface area contributed by atoms with Crippen LogP contribution in [-0.4, -0.2) is 19.2 Å². The van der Waals surface area contributed by atoms with E-state index in [9.17, 15) is 5.11 Å². The topological polar surface area (TPSA) is 23.5 Å². The Morgan fingerprint density at radius 1 is 1.12 bits per heavy atom. The molecule has 1 rings (SSSR count). The van der Waals surface area contributed by atoms with Crippen molar-refractivity contribution >= 4 is 5.69 Å². The fourth-order valence-corrected chi connectivity index (χ4v) is 1.91. The van der Waals surface area contributed by atoms with Gasteiger partial charge in [0, 0.05) is 25.3 Å². The van der Waals surface area contributed by atoms with Gasteiger partial charge in [0.2, 0.25) is 0 Å². The molecule has 0 aromatic heterocycles. The predicted octanol–water partition coefficient (Wildman–Crippen LogP) is 3.88. The zero-order chi connectivity index (χ0) is 13.4. The van der Waals surface area contributed by atoms with Gasteiger partial charge in [-0.05, 0) is 29.0 Å². The second-order valence-corrected chi connectivity index (χ2v) is 6.23. The fourth-order valence-electron chi connectivity index (χ4n) is 1.91. The largest absolute Gasteiger partial charge is 0.507 e. The summed E-state index contributed by atoms with van der Waals surface area (Å²) in [5, 5.41) is 10.4. The van der Waals surface area contributed by atoms with E-state index in [1.165, 1.54) is 0 Å². The van der Waals surface area contributed by atoms with E-state index in [0.29, 0.717) is 11.7 Å². The van der Waals surface area contributed by atoms with Crippen LogP contribution in [0.15, 0.2) is 12.1 Å². The highest BCUT2D eigenvalue weighted by Crippen LogP contribution is 2.39. The zero-order valence-electron chi connectivity index (χ0n) is 12.1. The number of nitrogens with zero attached hydrogens (tertiary/aromatic N) is 1. The average Bonchev–Trinajstić information content (AvgIpc) is 2.15. The van der Waals surface area contributed by atoms with Gasteiger partial charge in [-0.1, -0.05) is 34.6 Å². The summed E-state index contributed by atoms with van der Waals surface area (Å²) >= 11 is 0. The van der Waals surface area contributed by atoms with Gasteiger partial charge in [0.25, 0.3) is 0 Å². The molecule has 0 saturated heterocycles. The number of hydrogen-bond acceptors (Lipinski definition) is 2. The Morgan fingerprint density at radius 3 is 2.00 bits per heavy atom. The Morgan fingerprint density at radius 2 is 1.65 bits per heavy atom. The Labute approximate surface area is 105 Å². The molecule has 96 valence electrons. The minimum atomic E-state index is -0.0419. The van der Waals surface area contributed by atoms with Crippen LogP contribution in [0.5, 0.6) is 5.75 Å². The Hall–Kier alpha value is -1.18.